The second-order valence-electron chi connectivity index (χ2n) is 5.33. The van der Waals surface area contributed by atoms with Crippen molar-refractivity contribution in [2.24, 2.45) is 0 Å². The molecule has 0 amide bonds. The molecule has 19 heavy (non-hydrogen) atoms. The van der Waals surface area contributed by atoms with Gasteiger partial charge in [0.05, 0.1) is 5.56 Å². The summed E-state index contributed by atoms with van der Waals surface area (Å²) in [6.07, 6.45) is 7.51. The van der Waals surface area contributed by atoms with Crippen molar-refractivity contribution in [3.63, 3.8) is 0 Å². The van der Waals surface area contributed by atoms with Crippen LogP contribution in [0.15, 0.2) is 18.2 Å². The highest BCUT2D eigenvalue weighted by atomic mass is 16.4. The molecule has 0 spiro atoms. The van der Waals surface area contributed by atoms with Gasteiger partial charge in [0.15, 0.2) is 0 Å². The molecular formula is C15H22N2O2. The summed E-state index contributed by atoms with van der Waals surface area (Å²) in [6, 6.07) is 5.79. The van der Waals surface area contributed by atoms with Crippen molar-refractivity contribution in [1.82, 2.24) is 0 Å². The third kappa shape index (κ3) is 3.19. The van der Waals surface area contributed by atoms with Gasteiger partial charge in [0.25, 0.3) is 0 Å². The van der Waals surface area contributed by atoms with Gasteiger partial charge in [-0.1, -0.05) is 25.7 Å². The highest BCUT2D eigenvalue weighted by Gasteiger charge is 2.19. The molecule has 1 saturated carbocycles. The van der Waals surface area contributed by atoms with Crippen LogP contribution in [0, 0.1) is 0 Å². The molecule has 1 aromatic carbocycles. The molecule has 0 unspecified atom stereocenters. The first kappa shape index (κ1) is 13.7. The van der Waals surface area contributed by atoms with E-state index < -0.39 is 5.97 Å². The van der Waals surface area contributed by atoms with Gasteiger partial charge in [-0.05, 0) is 31.0 Å². The van der Waals surface area contributed by atoms with E-state index in [1.54, 1.807) is 12.1 Å². The zero-order valence-corrected chi connectivity index (χ0v) is 11.4. The summed E-state index contributed by atoms with van der Waals surface area (Å²) in [7, 11) is 2.05. The molecule has 0 bridgehead atoms. The molecule has 0 aliphatic heterocycles. The van der Waals surface area contributed by atoms with Gasteiger partial charge in [0.1, 0.15) is 0 Å². The Bertz CT molecular complexity index is 451. The summed E-state index contributed by atoms with van der Waals surface area (Å²) < 4.78 is 0. The third-order valence-corrected chi connectivity index (χ3v) is 4.05. The van der Waals surface area contributed by atoms with Crippen molar-refractivity contribution in [3.05, 3.63) is 23.8 Å². The van der Waals surface area contributed by atoms with Gasteiger partial charge < -0.3 is 15.7 Å². The molecule has 4 nitrogen and oxygen atoms in total. The lowest BCUT2D eigenvalue weighted by atomic mass is 10.1. The predicted octanol–water partition coefficient (Wildman–Crippen LogP) is 3.13. The smallest absolute Gasteiger partial charge is 0.337 e. The van der Waals surface area contributed by atoms with Crippen LogP contribution in [0.1, 0.15) is 48.9 Å². The normalized spacial score (nSPS) is 16.9. The van der Waals surface area contributed by atoms with Gasteiger partial charge in [-0.3, -0.25) is 0 Å². The molecular weight excluding hydrogens is 240 g/mol. The van der Waals surface area contributed by atoms with E-state index in [1.807, 2.05) is 13.1 Å². The van der Waals surface area contributed by atoms with Crippen LogP contribution >= 0.6 is 0 Å². The SMILES string of the molecule is CN(c1ccc(N)c(C(=O)O)c1)C1CCCCCC1. The Morgan fingerprint density at radius 3 is 2.47 bits per heavy atom. The number of benzene rings is 1. The maximum Gasteiger partial charge on any atom is 0.337 e. The van der Waals surface area contributed by atoms with E-state index in [4.69, 9.17) is 10.8 Å². The zero-order valence-electron chi connectivity index (χ0n) is 11.4. The summed E-state index contributed by atoms with van der Waals surface area (Å²) in [4.78, 5) is 13.3. The van der Waals surface area contributed by atoms with E-state index in [0.29, 0.717) is 11.7 Å². The van der Waals surface area contributed by atoms with E-state index >= 15 is 0 Å². The van der Waals surface area contributed by atoms with Crippen LogP contribution in [0.4, 0.5) is 11.4 Å². The average Bonchev–Trinajstić information content (AvgIpc) is 2.67. The fourth-order valence-corrected chi connectivity index (χ4v) is 2.80. The fourth-order valence-electron chi connectivity index (χ4n) is 2.80. The summed E-state index contributed by atoms with van der Waals surface area (Å²) in [6.45, 7) is 0. The molecule has 0 aromatic heterocycles. The third-order valence-electron chi connectivity index (χ3n) is 4.05. The summed E-state index contributed by atoms with van der Waals surface area (Å²) in [5.74, 6) is -0.964. The van der Waals surface area contributed by atoms with Crippen LogP contribution in [-0.4, -0.2) is 24.2 Å². The molecule has 4 heteroatoms. The van der Waals surface area contributed by atoms with Gasteiger partial charge >= 0.3 is 5.97 Å². The van der Waals surface area contributed by atoms with Gasteiger partial charge in [0.2, 0.25) is 0 Å². The van der Waals surface area contributed by atoms with E-state index in [1.165, 1.54) is 38.5 Å². The molecule has 1 aliphatic carbocycles. The number of carboxylic acids is 1. The van der Waals surface area contributed by atoms with Crippen LogP contribution in [0.5, 0.6) is 0 Å². The van der Waals surface area contributed by atoms with Crippen molar-refractivity contribution in [3.8, 4) is 0 Å². The Morgan fingerprint density at radius 1 is 1.26 bits per heavy atom. The molecule has 0 heterocycles. The molecule has 1 aliphatic rings. The molecule has 1 aromatic rings. The molecule has 0 saturated heterocycles. The quantitative estimate of drug-likeness (QED) is 0.648. The number of rotatable bonds is 3. The first-order valence-corrected chi connectivity index (χ1v) is 6.95. The number of nitrogens with zero attached hydrogens (tertiary/aromatic N) is 1. The van der Waals surface area contributed by atoms with Gasteiger partial charge in [0, 0.05) is 24.5 Å². The average molecular weight is 262 g/mol. The monoisotopic (exact) mass is 262 g/mol. The van der Waals surface area contributed by atoms with E-state index in [-0.39, 0.29) is 5.56 Å². The standard InChI is InChI=1S/C15H22N2O2/c1-17(11-6-4-2-3-5-7-11)12-8-9-14(16)13(10-12)15(18)19/h8-11H,2-7,16H2,1H3,(H,18,19). The van der Waals surface area contributed by atoms with Gasteiger partial charge in [-0.25, -0.2) is 4.79 Å². The number of hydrogen-bond acceptors (Lipinski definition) is 3. The number of aromatic carboxylic acids is 1. The highest BCUT2D eigenvalue weighted by molar-refractivity contribution is 5.94. The van der Waals surface area contributed by atoms with Crippen LogP contribution in [0.3, 0.4) is 0 Å². The summed E-state index contributed by atoms with van der Waals surface area (Å²) >= 11 is 0. The zero-order chi connectivity index (χ0) is 13.8. The van der Waals surface area contributed by atoms with Gasteiger partial charge in [-0.15, -0.1) is 0 Å². The first-order chi connectivity index (χ1) is 9.09. The summed E-state index contributed by atoms with van der Waals surface area (Å²) in [5.41, 5.74) is 7.15. The number of nitrogens with two attached hydrogens (primary N) is 1. The Labute approximate surface area is 114 Å². The number of nitrogen functional groups attached to an aromatic ring is 1. The predicted molar refractivity (Wildman–Crippen MR) is 77.7 cm³/mol. The van der Waals surface area contributed by atoms with Crippen LogP contribution in [-0.2, 0) is 0 Å². The van der Waals surface area contributed by atoms with E-state index in [2.05, 4.69) is 4.90 Å². The molecule has 3 N–H and O–H groups in total. The first-order valence-electron chi connectivity index (χ1n) is 6.95. The minimum Gasteiger partial charge on any atom is -0.478 e. The molecule has 2 rings (SSSR count). The topological polar surface area (TPSA) is 66.6 Å². The highest BCUT2D eigenvalue weighted by Crippen LogP contribution is 2.27. The van der Waals surface area contributed by atoms with E-state index in [0.717, 1.165) is 5.69 Å². The Balaban J connectivity index is 2.20. The Morgan fingerprint density at radius 2 is 1.89 bits per heavy atom. The van der Waals surface area contributed by atoms with Crippen LogP contribution in [0.2, 0.25) is 0 Å². The van der Waals surface area contributed by atoms with Crippen molar-refractivity contribution in [2.45, 2.75) is 44.6 Å². The largest absolute Gasteiger partial charge is 0.478 e. The number of carboxylic acid groups (broad SMARTS) is 1. The minimum atomic E-state index is -0.964. The van der Waals surface area contributed by atoms with Gasteiger partial charge in [-0.2, -0.15) is 0 Å². The maximum atomic E-state index is 11.1. The van der Waals surface area contributed by atoms with Crippen molar-refractivity contribution >= 4 is 17.3 Å². The van der Waals surface area contributed by atoms with Crippen LogP contribution in [0.25, 0.3) is 0 Å². The lowest BCUT2D eigenvalue weighted by Gasteiger charge is -2.29. The molecule has 1 fully saturated rings. The lowest BCUT2D eigenvalue weighted by Crippen LogP contribution is -2.31. The Kier molecular flexibility index (Phi) is 4.30. The fraction of sp³-hybridized carbons (Fsp3) is 0.533. The van der Waals surface area contributed by atoms with Crippen molar-refractivity contribution in [2.75, 3.05) is 17.7 Å². The van der Waals surface area contributed by atoms with E-state index in [9.17, 15) is 4.79 Å². The second-order valence-corrected chi connectivity index (χ2v) is 5.33. The summed E-state index contributed by atoms with van der Waals surface area (Å²) in [5, 5.41) is 9.13. The maximum absolute atomic E-state index is 11.1. The second kappa shape index (κ2) is 5.95. The molecule has 0 atom stereocenters. The minimum absolute atomic E-state index is 0.193. The molecule has 0 radical (unpaired) electrons. The molecule has 104 valence electrons. The number of hydrogen-bond donors (Lipinski definition) is 2. The van der Waals surface area contributed by atoms with Crippen LogP contribution < -0.4 is 10.6 Å². The van der Waals surface area contributed by atoms with Crippen molar-refractivity contribution in [1.29, 1.82) is 0 Å². The number of anilines is 2. The van der Waals surface area contributed by atoms with Crippen molar-refractivity contribution < 1.29 is 9.90 Å². The number of carbonyl (C=O) groups is 1. The Hall–Kier alpha value is -1.71. The lowest BCUT2D eigenvalue weighted by molar-refractivity contribution is 0.0698.